The predicted octanol–water partition coefficient (Wildman–Crippen LogP) is 2.69. The maximum Gasteiger partial charge on any atom is 0.133 e. The van der Waals surface area contributed by atoms with E-state index in [2.05, 4.69) is 31.2 Å². The van der Waals surface area contributed by atoms with Crippen LogP contribution in [0.4, 0.5) is 0 Å². The number of carbonyl (C=O) groups is 1. The Hall–Kier alpha value is -1.11. The topological polar surface area (TPSA) is 17.1 Å². The standard InChI is InChI=1S/C12H14O/c1-8-3-5-10(6-4-8)12-7-11(12)9(2)13/h3-6,11-12H,7H2,1-2H3/t11-,12+/m1/s1. The van der Waals surface area contributed by atoms with E-state index in [4.69, 9.17) is 0 Å². The molecular weight excluding hydrogens is 160 g/mol. The van der Waals surface area contributed by atoms with Crippen LogP contribution in [-0.4, -0.2) is 5.78 Å². The summed E-state index contributed by atoms with van der Waals surface area (Å²) >= 11 is 0. The van der Waals surface area contributed by atoms with E-state index in [-0.39, 0.29) is 0 Å². The van der Waals surface area contributed by atoms with Gasteiger partial charge in [-0.1, -0.05) is 29.8 Å². The van der Waals surface area contributed by atoms with Crippen molar-refractivity contribution < 1.29 is 4.79 Å². The SMILES string of the molecule is CC(=O)[C@H]1C[C@H]1c1ccc(C)cc1. The lowest BCUT2D eigenvalue weighted by Crippen LogP contribution is -1.94. The Morgan fingerprint density at radius 2 is 1.92 bits per heavy atom. The van der Waals surface area contributed by atoms with Gasteiger partial charge in [0.1, 0.15) is 5.78 Å². The molecule has 0 aliphatic heterocycles. The molecule has 1 aromatic carbocycles. The second-order valence-electron chi connectivity index (χ2n) is 3.97. The molecule has 1 heteroatoms. The van der Waals surface area contributed by atoms with Crippen LogP contribution in [0.2, 0.25) is 0 Å². The van der Waals surface area contributed by atoms with Crippen LogP contribution in [0, 0.1) is 12.8 Å². The molecule has 0 radical (unpaired) electrons. The third kappa shape index (κ3) is 1.64. The largest absolute Gasteiger partial charge is 0.300 e. The van der Waals surface area contributed by atoms with Crippen LogP contribution in [0.15, 0.2) is 24.3 Å². The Morgan fingerprint density at radius 1 is 1.31 bits per heavy atom. The zero-order valence-electron chi connectivity index (χ0n) is 8.08. The molecule has 1 nitrogen and oxygen atoms in total. The first kappa shape index (κ1) is 8.49. The quantitative estimate of drug-likeness (QED) is 0.673. The van der Waals surface area contributed by atoms with Gasteiger partial charge >= 0.3 is 0 Å². The molecular formula is C12H14O. The molecule has 0 amide bonds. The summed E-state index contributed by atoms with van der Waals surface area (Å²) in [5.41, 5.74) is 2.61. The van der Waals surface area contributed by atoms with E-state index in [1.165, 1.54) is 11.1 Å². The second kappa shape index (κ2) is 2.99. The van der Waals surface area contributed by atoms with Gasteiger partial charge in [-0.3, -0.25) is 4.79 Å². The third-order valence-electron chi connectivity index (χ3n) is 2.82. The summed E-state index contributed by atoms with van der Waals surface area (Å²) in [7, 11) is 0. The molecule has 0 bridgehead atoms. The van der Waals surface area contributed by atoms with Gasteiger partial charge in [-0.25, -0.2) is 0 Å². The average Bonchev–Trinajstić information content (AvgIpc) is 2.85. The molecule has 1 fully saturated rings. The minimum absolute atomic E-state index is 0.308. The van der Waals surface area contributed by atoms with Gasteiger partial charge < -0.3 is 0 Å². The van der Waals surface area contributed by atoms with Crippen LogP contribution in [0.25, 0.3) is 0 Å². The summed E-state index contributed by atoms with van der Waals surface area (Å²) in [5.74, 6) is 1.16. The summed E-state index contributed by atoms with van der Waals surface area (Å²) in [4.78, 5) is 11.1. The molecule has 0 spiro atoms. The Morgan fingerprint density at radius 3 is 2.38 bits per heavy atom. The fraction of sp³-hybridized carbons (Fsp3) is 0.417. The highest BCUT2D eigenvalue weighted by atomic mass is 16.1. The number of Topliss-reactive ketones (excluding diaryl/α,β-unsaturated/α-hetero) is 1. The second-order valence-corrected chi connectivity index (χ2v) is 3.97. The summed E-state index contributed by atoms with van der Waals surface area (Å²) in [5, 5.41) is 0. The molecule has 0 aromatic heterocycles. The van der Waals surface area contributed by atoms with Gasteiger partial charge in [-0.2, -0.15) is 0 Å². The maximum atomic E-state index is 11.1. The smallest absolute Gasteiger partial charge is 0.133 e. The molecule has 0 N–H and O–H groups in total. The van der Waals surface area contributed by atoms with Crippen LogP contribution < -0.4 is 0 Å². The van der Waals surface area contributed by atoms with Crippen molar-refractivity contribution >= 4 is 5.78 Å². The average molecular weight is 174 g/mol. The monoisotopic (exact) mass is 174 g/mol. The van der Waals surface area contributed by atoms with E-state index >= 15 is 0 Å². The van der Waals surface area contributed by atoms with E-state index in [1.54, 1.807) is 6.92 Å². The van der Waals surface area contributed by atoms with E-state index < -0.39 is 0 Å². The Bertz CT molecular complexity index is 323. The highest BCUT2D eigenvalue weighted by Crippen LogP contribution is 2.47. The highest BCUT2D eigenvalue weighted by molar-refractivity contribution is 5.82. The van der Waals surface area contributed by atoms with Crippen molar-refractivity contribution in [2.24, 2.45) is 5.92 Å². The van der Waals surface area contributed by atoms with Crippen molar-refractivity contribution in [3.05, 3.63) is 35.4 Å². The van der Waals surface area contributed by atoms with E-state index in [0.717, 1.165) is 6.42 Å². The number of hydrogen-bond donors (Lipinski definition) is 0. The molecule has 2 atom stereocenters. The lowest BCUT2D eigenvalue weighted by molar-refractivity contribution is -0.118. The predicted molar refractivity (Wildman–Crippen MR) is 52.7 cm³/mol. The zero-order chi connectivity index (χ0) is 9.42. The molecule has 13 heavy (non-hydrogen) atoms. The van der Waals surface area contributed by atoms with E-state index in [9.17, 15) is 4.79 Å². The van der Waals surface area contributed by atoms with Crippen molar-refractivity contribution in [2.75, 3.05) is 0 Å². The molecule has 1 aliphatic rings. The normalized spacial score (nSPS) is 25.7. The van der Waals surface area contributed by atoms with Crippen molar-refractivity contribution in [2.45, 2.75) is 26.2 Å². The molecule has 0 saturated heterocycles. The van der Waals surface area contributed by atoms with Gasteiger partial charge in [-0.15, -0.1) is 0 Å². The molecule has 0 heterocycles. The van der Waals surface area contributed by atoms with Crippen molar-refractivity contribution in [3.63, 3.8) is 0 Å². The number of rotatable bonds is 2. The van der Waals surface area contributed by atoms with E-state index in [0.29, 0.717) is 17.6 Å². The van der Waals surface area contributed by atoms with Gasteiger partial charge in [0.15, 0.2) is 0 Å². The Balaban J connectivity index is 2.12. The van der Waals surface area contributed by atoms with Crippen molar-refractivity contribution in [1.82, 2.24) is 0 Å². The summed E-state index contributed by atoms with van der Waals surface area (Å²) in [6.07, 6.45) is 1.05. The first-order valence-corrected chi connectivity index (χ1v) is 4.75. The minimum Gasteiger partial charge on any atom is -0.300 e. The summed E-state index contributed by atoms with van der Waals surface area (Å²) < 4.78 is 0. The van der Waals surface area contributed by atoms with Crippen LogP contribution in [0.3, 0.4) is 0 Å². The molecule has 68 valence electrons. The van der Waals surface area contributed by atoms with Gasteiger partial charge in [0.2, 0.25) is 0 Å². The fourth-order valence-corrected chi connectivity index (χ4v) is 1.83. The van der Waals surface area contributed by atoms with Gasteiger partial charge in [0.25, 0.3) is 0 Å². The van der Waals surface area contributed by atoms with Gasteiger partial charge in [0, 0.05) is 5.92 Å². The fourth-order valence-electron chi connectivity index (χ4n) is 1.83. The Labute approximate surface area is 78.8 Å². The van der Waals surface area contributed by atoms with Crippen molar-refractivity contribution in [3.8, 4) is 0 Å². The van der Waals surface area contributed by atoms with Crippen LogP contribution in [0.1, 0.15) is 30.4 Å². The number of ketones is 1. The lowest BCUT2D eigenvalue weighted by Gasteiger charge is -1.98. The van der Waals surface area contributed by atoms with Gasteiger partial charge in [-0.05, 0) is 31.7 Å². The molecule has 0 unspecified atom stereocenters. The maximum absolute atomic E-state index is 11.1. The highest BCUT2D eigenvalue weighted by Gasteiger charge is 2.41. The van der Waals surface area contributed by atoms with Crippen molar-refractivity contribution in [1.29, 1.82) is 0 Å². The Kier molecular flexibility index (Phi) is 1.95. The summed E-state index contributed by atoms with van der Waals surface area (Å²) in [6, 6.07) is 8.52. The molecule has 1 aromatic rings. The van der Waals surface area contributed by atoms with Gasteiger partial charge in [0.05, 0.1) is 0 Å². The molecule has 1 saturated carbocycles. The molecule has 2 rings (SSSR count). The van der Waals surface area contributed by atoms with Crippen LogP contribution in [-0.2, 0) is 4.79 Å². The summed E-state index contributed by atoms with van der Waals surface area (Å²) in [6.45, 7) is 3.78. The zero-order valence-corrected chi connectivity index (χ0v) is 8.08. The van der Waals surface area contributed by atoms with Crippen LogP contribution >= 0.6 is 0 Å². The molecule has 1 aliphatic carbocycles. The third-order valence-corrected chi connectivity index (χ3v) is 2.82. The minimum atomic E-state index is 0.308. The number of benzene rings is 1. The number of carbonyl (C=O) groups excluding carboxylic acids is 1. The first-order valence-electron chi connectivity index (χ1n) is 4.75. The van der Waals surface area contributed by atoms with Crippen LogP contribution in [0.5, 0.6) is 0 Å². The number of aryl methyl sites for hydroxylation is 1. The number of hydrogen-bond acceptors (Lipinski definition) is 1. The first-order chi connectivity index (χ1) is 6.18. The van der Waals surface area contributed by atoms with E-state index in [1.807, 2.05) is 0 Å². The lowest BCUT2D eigenvalue weighted by atomic mass is 10.1.